The molecule has 0 aromatic heterocycles. The highest BCUT2D eigenvalue weighted by atomic mass is 19.1. The summed E-state index contributed by atoms with van der Waals surface area (Å²) in [6.07, 6.45) is -0.214. The Balaban J connectivity index is 2.98. The van der Waals surface area contributed by atoms with E-state index in [0.717, 1.165) is 12.1 Å². The number of hydrogen-bond acceptors (Lipinski definition) is 3. The zero-order valence-corrected chi connectivity index (χ0v) is 8.51. The molecular formula is C10H10FNO4. The predicted molar refractivity (Wildman–Crippen MR) is 53.7 cm³/mol. The Labute approximate surface area is 90.7 Å². The van der Waals surface area contributed by atoms with Gasteiger partial charge < -0.3 is 5.11 Å². The van der Waals surface area contributed by atoms with Gasteiger partial charge in [-0.25, -0.2) is 4.39 Å². The van der Waals surface area contributed by atoms with Crippen LogP contribution in [0.3, 0.4) is 0 Å². The topological polar surface area (TPSA) is 80.4 Å². The molecule has 0 aliphatic carbocycles. The van der Waals surface area contributed by atoms with Gasteiger partial charge in [-0.15, -0.1) is 0 Å². The van der Waals surface area contributed by atoms with Crippen molar-refractivity contribution >= 4 is 11.7 Å². The zero-order valence-electron chi connectivity index (χ0n) is 8.51. The van der Waals surface area contributed by atoms with E-state index >= 15 is 0 Å². The fraction of sp³-hybridized carbons (Fsp3) is 0.300. The van der Waals surface area contributed by atoms with Crippen molar-refractivity contribution in [2.45, 2.75) is 19.3 Å². The van der Waals surface area contributed by atoms with Crippen LogP contribution < -0.4 is 0 Å². The second-order valence-corrected chi connectivity index (χ2v) is 3.46. The molecular weight excluding hydrogens is 217 g/mol. The molecule has 0 amide bonds. The van der Waals surface area contributed by atoms with Gasteiger partial charge in [0.15, 0.2) is 0 Å². The third-order valence-corrected chi connectivity index (χ3v) is 2.21. The smallest absolute Gasteiger partial charge is 0.303 e. The van der Waals surface area contributed by atoms with Gasteiger partial charge in [-0.2, -0.15) is 0 Å². The molecule has 1 unspecified atom stereocenters. The van der Waals surface area contributed by atoms with Gasteiger partial charge in [0.2, 0.25) is 0 Å². The number of benzene rings is 1. The number of carboxylic acid groups (broad SMARTS) is 1. The largest absolute Gasteiger partial charge is 0.481 e. The number of carbonyl (C=O) groups is 1. The number of nitrogens with zero attached hydrogens (tertiary/aromatic N) is 1. The molecule has 1 aromatic carbocycles. The lowest BCUT2D eigenvalue weighted by molar-refractivity contribution is -0.385. The molecule has 0 aliphatic rings. The van der Waals surface area contributed by atoms with E-state index in [2.05, 4.69) is 0 Å². The molecule has 0 aliphatic heterocycles. The molecule has 0 bridgehead atoms. The number of non-ortho nitro benzene ring substituents is 1. The average molecular weight is 227 g/mol. The minimum absolute atomic E-state index is 0.174. The Bertz CT molecular complexity index is 433. The first-order valence-corrected chi connectivity index (χ1v) is 4.57. The van der Waals surface area contributed by atoms with Crippen molar-refractivity contribution in [3.8, 4) is 0 Å². The molecule has 0 heterocycles. The number of rotatable bonds is 4. The minimum atomic E-state index is -1.04. The fourth-order valence-electron chi connectivity index (χ4n) is 1.40. The summed E-state index contributed by atoms with van der Waals surface area (Å²) in [4.78, 5) is 20.1. The van der Waals surface area contributed by atoms with Crippen molar-refractivity contribution in [3.63, 3.8) is 0 Å². The van der Waals surface area contributed by atoms with Gasteiger partial charge in [0.25, 0.3) is 5.69 Å². The lowest BCUT2D eigenvalue weighted by Crippen LogP contribution is -2.05. The number of aliphatic carboxylic acids is 1. The molecule has 1 N–H and O–H groups in total. The predicted octanol–water partition coefficient (Wildman–Crippen LogP) is 2.31. The first-order chi connectivity index (χ1) is 7.41. The van der Waals surface area contributed by atoms with E-state index in [0.29, 0.717) is 0 Å². The van der Waals surface area contributed by atoms with Crippen molar-refractivity contribution in [3.05, 3.63) is 39.7 Å². The van der Waals surface area contributed by atoms with Crippen LogP contribution in [-0.4, -0.2) is 16.0 Å². The van der Waals surface area contributed by atoms with Gasteiger partial charge in [0.05, 0.1) is 17.4 Å². The second kappa shape index (κ2) is 4.69. The van der Waals surface area contributed by atoms with E-state index < -0.39 is 22.6 Å². The van der Waals surface area contributed by atoms with Crippen molar-refractivity contribution in [1.82, 2.24) is 0 Å². The molecule has 5 nitrogen and oxygen atoms in total. The van der Waals surface area contributed by atoms with E-state index in [1.807, 2.05) is 0 Å². The summed E-state index contributed by atoms with van der Waals surface area (Å²) in [6.45, 7) is 1.55. The number of halogens is 1. The Morgan fingerprint density at radius 1 is 1.62 bits per heavy atom. The minimum Gasteiger partial charge on any atom is -0.481 e. The molecule has 1 atom stereocenters. The molecule has 0 spiro atoms. The molecule has 0 radical (unpaired) electrons. The van der Waals surface area contributed by atoms with Gasteiger partial charge in [-0.1, -0.05) is 6.92 Å². The molecule has 1 aromatic rings. The summed E-state index contributed by atoms with van der Waals surface area (Å²) < 4.78 is 13.4. The fourth-order valence-corrected chi connectivity index (χ4v) is 1.40. The summed E-state index contributed by atoms with van der Waals surface area (Å²) in [5.74, 6) is -2.30. The molecule has 0 saturated carbocycles. The molecule has 1 rings (SSSR count). The summed E-state index contributed by atoms with van der Waals surface area (Å²) in [5.41, 5.74) is -0.170. The lowest BCUT2D eigenvalue weighted by Gasteiger charge is -2.09. The third kappa shape index (κ3) is 2.75. The summed E-state index contributed by atoms with van der Waals surface area (Å²) in [7, 11) is 0. The standard InChI is InChI=1S/C10H10FNO4/c1-6(4-10(13)14)8-3-2-7(12(15)16)5-9(8)11/h2-3,5-6H,4H2,1H3,(H,13,14). The number of nitro benzene ring substituents is 1. The maximum atomic E-state index is 13.4. The van der Waals surface area contributed by atoms with Crippen LogP contribution in [0.2, 0.25) is 0 Å². The monoisotopic (exact) mass is 227 g/mol. The molecule has 16 heavy (non-hydrogen) atoms. The highest BCUT2D eigenvalue weighted by molar-refractivity contribution is 5.68. The van der Waals surface area contributed by atoms with Gasteiger partial charge in [0.1, 0.15) is 5.82 Å². The van der Waals surface area contributed by atoms with E-state index in [-0.39, 0.29) is 17.7 Å². The molecule has 6 heteroatoms. The van der Waals surface area contributed by atoms with Gasteiger partial charge >= 0.3 is 5.97 Å². The van der Waals surface area contributed by atoms with Gasteiger partial charge in [-0.3, -0.25) is 14.9 Å². The van der Waals surface area contributed by atoms with Crippen LogP contribution in [-0.2, 0) is 4.79 Å². The maximum Gasteiger partial charge on any atom is 0.303 e. The Hall–Kier alpha value is -1.98. The number of nitro groups is 1. The summed E-state index contributed by atoms with van der Waals surface area (Å²) in [6, 6.07) is 3.21. The van der Waals surface area contributed by atoms with Crippen molar-refractivity contribution in [1.29, 1.82) is 0 Å². The van der Waals surface area contributed by atoms with Gasteiger partial charge in [-0.05, 0) is 17.5 Å². The third-order valence-electron chi connectivity index (χ3n) is 2.21. The van der Waals surface area contributed by atoms with Gasteiger partial charge in [0, 0.05) is 6.07 Å². The van der Waals surface area contributed by atoms with E-state index in [9.17, 15) is 19.3 Å². The zero-order chi connectivity index (χ0) is 12.3. The molecule has 0 fully saturated rings. The van der Waals surface area contributed by atoms with Crippen LogP contribution in [0.15, 0.2) is 18.2 Å². The maximum absolute atomic E-state index is 13.4. The van der Waals surface area contributed by atoms with Crippen LogP contribution in [0.4, 0.5) is 10.1 Å². The number of hydrogen-bond donors (Lipinski definition) is 1. The van der Waals surface area contributed by atoms with E-state index in [1.165, 1.54) is 6.07 Å². The van der Waals surface area contributed by atoms with E-state index in [4.69, 9.17) is 5.11 Å². The summed E-state index contributed by atoms with van der Waals surface area (Å²) in [5, 5.41) is 18.9. The van der Waals surface area contributed by atoms with Crippen molar-refractivity contribution in [2.24, 2.45) is 0 Å². The van der Waals surface area contributed by atoms with Crippen LogP contribution in [0.1, 0.15) is 24.8 Å². The summed E-state index contributed by atoms with van der Waals surface area (Å²) >= 11 is 0. The SMILES string of the molecule is CC(CC(=O)O)c1ccc([N+](=O)[O-])cc1F. The Kier molecular flexibility index (Phi) is 3.55. The first kappa shape index (κ1) is 12.1. The van der Waals surface area contributed by atoms with Crippen LogP contribution in [0.5, 0.6) is 0 Å². The van der Waals surface area contributed by atoms with Crippen molar-refractivity contribution in [2.75, 3.05) is 0 Å². The van der Waals surface area contributed by atoms with E-state index in [1.54, 1.807) is 6.92 Å². The first-order valence-electron chi connectivity index (χ1n) is 4.57. The number of carboxylic acids is 1. The lowest BCUT2D eigenvalue weighted by atomic mass is 9.97. The molecule has 86 valence electrons. The quantitative estimate of drug-likeness (QED) is 0.632. The normalized spacial score (nSPS) is 12.1. The average Bonchev–Trinajstić information content (AvgIpc) is 2.15. The molecule has 0 saturated heterocycles. The van der Waals surface area contributed by atoms with Crippen LogP contribution >= 0.6 is 0 Å². The highest BCUT2D eigenvalue weighted by Crippen LogP contribution is 2.25. The van der Waals surface area contributed by atoms with Crippen LogP contribution in [0, 0.1) is 15.9 Å². The van der Waals surface area contributed by atoms with Crippen LogP contribution in [0.25, 0.3) is 0 Å². The second-order valence-electron chi connectivity index (χ2n) is 3.46. The highest BCUT2D eigenvalue weighted by Gasteiger charge is 2.17. The van der Waals surface area contributed by atoms with Crippen molar-refractivity contribution < 1.29 is 19.2 Å². The Morgan fingerprint density at radius 3 is 2.69 bits per heavy atom. The Morgan fingerprint density at radius 2 is 2.25 bits per heavy atom.